The molecule has 1 aliphatic heterocycles. The first-order valence-corrected chi connectivity index (χ1v) is 9.24. The number of aromatic nitrogens is 4. The normalized spacial score (nSPS) is 18.3. The van der Waals surface area contributed by atoms with E-state index in [9.17, 15) is 0 Å². The number of rotatable bonds is 4. The highest BCUT2D eigenvalue weighted by molar-refractivity contribution is 6.32. The second kappa shape index (κ2) is 7.21. The van der Waals surface area contributed by atoms with Gasteiger partial charge < -0.3 is 4.74 Å². The fourth-order valence-corrected chi connectivity index (χ4v) is 3.95. The minimum absolute atomic E-state index is 0.420. The predicted molar refractivity (Wildman–Crippen MR) is 101 cm³/mol. The summed E-state index contributed by atoms with van der Waals surface area (Å²) in [7, 11) is 1.65. The number of ether oxygens (including phenoxy) is 1. The van der Waals surface area contributed by atoms with Gasteiger partial charge in [-0.3, -0.25) is 4.90 Å². The number of aryl methyl sites for hydroxylation is 1. The molecular formula is C19H22ClN5O. The van der Waals surface area contributed by atoms with Gasteiger partial charge in [-0.05, 0) is 50.1 Å². The van der Waals surface area contributed by atoms with Gasteiger partial charge in [0.25, 0.3) is 5.78 Å². The van der Waals surface area contributed by atoms with Crippen LogP contribution in [0.3, 0.4) is 0 Å². The minimum Gasteiger partial charge on any atom is -0.495 e. The van der Waals surface area contributed by atoms with E-state index < -0.39 is 0 Å². The van der Waals surface area contributed by atoms with E-state index in [-0.39, 0.29) is 0 Å². The third-order valence-corrected chi connectivity index (χ3v) is 5.27. The summed E-state index contributed by atoms with van der Waals surface area (Å²) < 4.78 is 7.22. The van der Waals surface area contributed by atoms with Crippen LogP contribution in [0.15, 0.2) is 30.6 Å². The summed E-state index contributed by atoms with van der Waals surface area (Å²) in [5, 5.41) is 5.02. The molecule has 1 saturated heterocycles. The lowest BCUT2D eigenvalue weighted by Gasteiger charge is -2.33. The highest BCUT2D eigenvalue weighted by Crippen LogP contribution is 2.30. The minimum atomic E-state index is 0.420. The van der Waals surface area contributed by atoms with Crippen LogP contribution < -0.4 is 4.74 Å². The number of likely N-dealkylation sites (tertiary alicyclic amines) is 1. The molecule has 0 bridgehead atoms. The Hall–Kier alpha value is -2.18. The van der Waals surface area contributed by atoms with Crippen molar-refractivity contribution in [3.05, 3.63) is 52.6 Å². The number of hydrogen-bond donors (Lipinski definition) is 0. The van der Waals surface area contributed by atoms with E-state index in [2.05, 4.69) is 32.1 Å². The van der Waals surface area contributed by atoms with Crippen LogP contribution in [0.4, 0.5) is 0 Å². The van der Waals surface area contributed by atoms with E-state index in [1.54, 1.807) is 13.4 Å². The van der Waals surface area contributed by atoms with Gasteiger partial charge in [0.1, 0.15) is 12.1 Å². The maximum Gasteiger partial charge on any atom is 0.252 e. The van der Waals surface area contributed by atoms with Crippen LogP contribution in [-0.2, 0) is 6.54 Å². The summed E-state index contributed by atoms with van der Waals surface area (Å²) in [6.07, 6.45) is 3.89. The number of piperidine rings is 1. The van der Waals surface area contributed by atoms with Crippen molar-refractivity contribution in [2.75, 3.05) is 20.2 Å². The van der Waals surface area contributed by atoms with Gasteiger partial charge in [0.2, 0.25) is 0 Å². The molecule has 136 valence electrons. The molecule has 1 unspecified atom stereocenters. The molecule has 0 radical (unpaired) electrons. The summed E-state index contributed by atoms with van der Waals surface area (Å²) in [4.78, 5) is 11.2. The molecule has 1 aliphatic rings. The third-order valence-electron chi connectivity index (χ3n) is 4.95. The first-order valence-electron chi connectivity index (χ1n) is 8.86. The first-order chi connectivity index (χ1) is 12.6. The lowest BCUT2D eigenvalue weighted by atomic mass is 9.93. The Balaban J connectivity index is 1.55. The summed E-state index contributed by atoms with van der Waals surface area (Å²) in [5.74, 6) is 1.83. The van der Waals surface area contributed by atoms with Crippen LogP contribution in [0.1, 0.15) is 35.7 Å². The lowest BCUT2D eigenvalue weighted by molar-refractivity contribution is 0.197. The van der Waals surface area contributed by atoms with E-state index in [1.807, 2.05) is 23.6 Å². The number of methoxy groups -OCH3 is 1. The largest absolute Gasteiger partial charge is 0.495 e. The summed E-state index contributed by atoms with van der Waals surface area (Å²) in [6, 6.07) is 8.14. The number of halogens is 1. The van der Waals surface area contributed by atoms with Crippen molar-refractivity contribution in [3.8, 4) is 5.75 Å². The zero-order chi connectivity index (χ0) is 18.1. The van der Waals surface area contributed by atoms with E-state index in [0.717, 1.165) is 43.9 Å². The van der Waals surface area contributed by atoms with Gasteiger partial charge >= 0.3 is 0 Å². The molecule has 26 heavy (non-hydrogen) atoms. The van der Waals surface area contributed by atoms with Crippen molar-refractivity contribution in [3.63, 3.8) is 0 Å². The number of benzene rings is 1. The van der Waals surface area contributed by atoms with Crippen LogP contribution in [0.5, 0.6) is 5.75 Å². The fourth-order valence-electron chi connectivity index (χ4n) is 3.75. The van der Waals surface area contributed by atoms with E-state index >= 15 is 0 Å². The second-order valence-electron chi connectivity index (χ2n) is 6.84. The van der Waals surface area contributed by atoms with Crippen molar-refractivity contribution in [1.29, 1.82) is 0 Å². The highest BCUT2D eigenvalue weighted by atomic mass is 35.5. The quantitative estimate of drug-likeness (QED) is 0.702. The molecule has 0 amide bonds. The topological polar surface area (TPSA) is 55.5 Å². The van der Waals surface area contributed by atoms with Gasteiger partial charge in [0.15, 0.2) is 0 Å². The number of hydrogen-bond acceptors (Lipinski definition) is 5. The van der Waals surface area contributed by atoms with Gasteiger partial charge in [-0.2, -0.15) is 10.1 Å². The monoisotopic (exact) mass is 371 g/mol. The fraction of sp³-hybridized carbons (Fsp3) is 0.421. The zero-order valence-electron chi connectivity index (χ0n) is 15.0. The molecule has 1 fully saturated rings. The third kappa shape index (κ3) is 3.39. The first kappa shape index (κ1) is 17.2. The van der Waals surface area contributed by atoms with Crippen molar-refractivity contribution in [2.45, 2.75) is 32.2 Å². The van der Waals surface area contributed by atoms with Crippen molar-refractivity contribution >= 4 is 17.4 Å². The average Bonchev–Trinajstić information content (AvgIpc) is 3.11. The Labute approximate surface area is 157 Å². The summed E-state index contributed by atoms with van der Waals surface area (Å²) in [6.45, 7) is 4.97. The molecule has 6 nitrogen and oxygen atoms in total. The van der Waals surface area contributed by atoms with Crippen molar-refractivity contribution in [1.82, 2.24) is 24.5 Å². The molecule has 3 heterocycles. The van der Waals surface area contributed by atoms with Gasteiger partial charge in [0, 0.05) is 24.7 Å². The van der Waals surface area contributed by atoms with Crippen LogP contribution in [-0.4, -0.2) is 44.7 Å². The van der Waals surface area contributed by atoms with Crippen LogP contribution in [0, 0.1) is 6.92 Å². The molecule has 3 aromatic rings. The smallest absolute Gasteiger partial charge is 0.252 e. The zero-order valence-corrected chi connectivity index (χ0v) is 15.8. The van der Waals surface area contributed by atoms with Crippen LogP contribution >= 0.6 is 11.6 Å². The maximum atomic E-state index is 6.14. The Morgan fingerprint density at radius 2 is 2.19 bits per heavy atom. The molecule has 0 N–H and O–H groups in total. The Morgan fingerprint density at radius 1 is 1.31 bits per heavy atom. The van der Waals surface area contributed by atoms with Crippen molar-refractivity contribution in [2.24, 2.45) is 0 Å². The van der Waals surface area contributed by atoms with E-state index in [1.165, 1.54) is 11.3 Å². The Morgan fingerprint density at radius 3 is 3.04 bits per heavy atom. The molecule has 2 aromatic heterocycles. The molecule has 1 aromatic carbocycles. The lowest BCUT2D eigenvalue weighted by Crippen LogP contribution is -2.34. The Kier molecular flexibility index (Phi) is 4.78. The summed E-state index contributed by atoms with van der Waals surface area (Å²) in [5.41, 5.74) is 3.40. The molecule has 7 heteroatoms. The number of fused-ring (bicyclic) bond motifs is 1. The number of nitrogens with zero attached hydrogens (tertiary/aromatic N) is 5. The van der Waals surface area contributed by atoms with E-state index in [0.29, 0.717) is 16.7 Å². The van der Waals surface area contributed by atoms with Crippen LogP contribution in [0.25, 0.3) is 5.78 Å². The Bertz CT molecular complexity index is 925. The predicted octanol–water partition coefficient (Wildman–Crippen LogP) is 3.47. The molecule has 0 aliphatic carbocycles. The van der Waals surface area contributed by atoms with Gasteiger partial charge in [-0.1, -0.05) is 17.7 Å². The van der Waals surface area contributed by atoms with Crippen molar-refractivity contribution < 1.29 is 4.74 Å². The van der Waals surface area contributed by atoms with E-state index in [4.69, 9.17) is 16.3 Å². The standard InChI is InChI=1S/C19H22ClN5O/c1-13-8-17(25-19(23-13)21-12-22-25)15-4-3-7-24(11-15)10-14-5-6-16(20)18(9-14)26-2/h5-6,8-9,12,15H,3-4,7,10-11H2,1-2H3. The highest BCUT2D eigenvalue weighted by Gasteiger charge is 2.24. The molecule has 1 atom stereocenters. The van der Waals surface area contributed by atoms with Gasteiger partial charge in [-0.15, -0.1) is 0 Å². The maximum absolute atomic E-state index is 6.14. The average molecular weight is 372 g/mol. The van der Waals surface area contributed by atoms with Gasteiger partial charge in [0.05, 0.1) is 17.8 Å². The molecule has 4 rings (SSSR count). The molecular weight excluding hydrogens is 350 g/mol. The molecule has 0 saturated carbocycles. The van der Waals surface area contributed by atoms with Gasteiger partial charge in [-0.25, -0.2) is 9.50 Å². The SMILES string of the molecule is COc1cc(CN2CCCC(c3cc(C)nc4ncnn34)C2)ccc1Cl. The second-order valence-corrected chi connectivity index (χ2v) is 7.24. The molecule has 0 spiro atoms. The van der Waals surface area contributed by atoms with Crippen LogP contribution in [0.2, 0.25) is 5.02 Å². The summed E-state index contributed by atoms with van der Waals surface area (Å²) >= 11 is 6.14.